The molecule has 4 nitrogen and oxygen atoms in total. The molecule has 0 saturated carbocycles. The first-order chi connectivity index (χ1) is 13.5. The summed E-state index contributed by atoms with van der Waals surface area (Å²) < 4.78 is 90.8. The predicted octanol–water partition coefficient (Wildman–Crippen LogP) is 5.33. The van der Waals surface area contributed by atoms with Gasteiger partial charge in [0, 0.05) is 30.6 Å². The Morgan fingerprint density at radius 1 is 0.862 bits per heavy atom. The molecule has 0 atom stereocenters. The van der Waals surface area contributed by atoms with E-state index in [1.807, 2.05) is 0 Å². The highest BCUT2D eigenvalue weighted by atomic mass is 19.4. The second-order valence-electron chi connectivity index (χ2n) is 5.90. The lowest BCUT2D eigenvalue weighted by atomic mass is 10.1. The highest BCUT2D eigenvalue weighted by molar-refractivity contribution is 5.62. The zero-order valence-electron chi connectivity index (χ0n) is 14.3. The third-order valence-corrected chi connectivity index (χ3v) is 3.87. The number of alkyl halides is 6. The van der Waals surface area contributed by atoms with Gasteiger partial charge in [-0.25, -0.2) is 14.4 Å². The highest BCUT2D eigenvalue weighted by Crippen LogP contribution is 2.33. The van der Waals surface area contributed by atoms with Gasteiger partial charge in [0.1, 0.15) is 18.0 Å². The van der Waals surface area contributed by atoms with Crippen molar-refractivity contribution in [2.24, 2.45) is 0 Å². The lowest BCUT2D eigenvalue weighted by molar-refractivity contribution is -0.138. The summed E-state index contributed by atoms with van der Waals surface area (Å²) in [6.45, 7) is -0.341. The van der Waals surface area contributed by atoms with Crippen molar-refractivity contribution >= 4 is 5.82 Å². The van der Waals surface area contributed by atoms with Crippen LogP contribution >= 0.6 is 0 Å². The topological polar surface area (TPSA) is 50.7 Å². The molecule has 1 N–H and O–H groups in total. The van der Waals surface area contributed by atoms with E-state index in [2.05, 4.69) is 20.3 Å². The molecule has 0 bridgehead atoms. The fraction of sp³-hybridized carbons (Fsp3) is 0.167. The molecule has 0 amide bonds. The van der Waals surface area contributed by atoms with E-state index in [1.165, 1.54) is 12.3 Å². The van der Waals surface area contributed by atoms with Crippen LogP contribution in [0.5, 0.6) is 0 Å². The maximum atomic E-state index is 13.2. The molecule has 2 aromatic heterocycles. The van der Waals surface area contributed by atoms with Crippen LogP contribution in [0.4, 0.5) is 36.6 Å². The van der Waals surface area contributed by atoms with E-state index in [9.17, 15) is 30.7 Å². The Bertz CT molecular complexity index is 1020. The van der Waals surface area contributed by atoms with Crippen LogP contribution < -0.4 is 5.32 Å². The summed E-state index contributed by atoms with van der Waals surface area (Å²) in [5, 5.41) is 2.63. The van der Waals surface area contributed by atoms with Crippen molar-refractivity contribution in [3.8, 4) is 11.3 Å². The zero-order valence-corrected chi connectivity index (χ0v) is 14.3. The first kappa shape index (κ1) is 20.5. The van der Waals surface area contributed by atoms with Crippen molar-refractivity contribution in [2.75, 3.05) is 5.32 Å². The lowest BCUT2D eigenvalue weighted by Crippen LogP contribution is -2.13. The number of aromatic nitrogens is 3. The number of anilines is 1. The summed E-state index contributed by atoms with van der Waals surface area (Å²) in [6.07, 6.45) is -6.46. The summed E-state index contributed by atoms with van der Waals surface area (Å²) >= 11 is 0. The van der Waals surface area contributed by atoms with Gasteiger partial charge in [-0.15, -0.1) is 0 Å². The number of hydrogen-bond acceptors (Lipinski definition) is 4. The van der Waals surface area contributed by atoms with E-state index < -0.39 is 29.3 Å². The summed E-state index contributed by atoms with van der Waals surface area (Å²) in [5.41, 5.74) is -2.18. The SMILES string of the molecule is Fc1ccc(CNc2cc(-c3cncc(C(F)(F)F)c3)ncn2)c(C(F)(F)F)c1. The van der Waals surface area contributed by atoms with Crippen molar-refractivity contribution in [2.45, 2.75) is 18.9 Å². The van der Waals surface area contributed by atoms with Crippen molar-refractivity contribution < 1.29 is 30.7 Å². The molecule has 0 spiro atoms. The molecule has 0 radical (unpaired) electrons. The smallest absolute Gasteiger partial charge is 0.366 e. The summed E-state index contributed by atoms with van der Waals surface area (Å²) in [7, 11) is 0. The van der Waals surface area contributed by atoms with Crippen molar-refractivity contribution in [1.29, 1.82) is 0 Å². The standard InChI is InChI=1S/C18H11F7N4/c19-13-2-1-10(14(4-13)18(23,24)25)7-27-16-5-15(28-9-29-16)11-3-12(8-26-6-11)17(20,21)22/h1-6,8-9H,7H2,(H,27,28,29). The summed E-state index contributed by atoms with van der Waals surface area (Å²) in [6, 6.07) is 4.39. The van der Waals surface area contributed by atoms with Crippen molar-refractivity contribution in [3.05, 3.63) is 71.6 Å². The molecule has 29 heavy (non-hydrogen) atoms. The van der Waals surface area contributed by atoms with Gasteiger partial charge < -0.3 is 5.32 Å². The minimum absolute atomic E-state index is 0.0584. The molecular formula is C18H11F7N4. The van der Waals surface area contributed by atoms with E-state index in [-0.39, 0.29) is 29.2 Å². The third-order valence-electron chi connectivity index (χ3n) is 3.87. The molecule has 11 heteroatoms. The molecule has 0 fully saturated rings. The monoisotopic (exact) mass is 416 g/mol. The molecule has 3 aromatic rings. The van der Waals surface area contributed by atoms with Crippen LogP contribution in [0, 0.1) is 5.82 Å². The van der Waals surface area contributed by atoms with E-state index in [4.69, 9.17) is 0 Å². The molecule has 0 aliphatic heterocycles. The van der Waals surface area contributed by atoms with Gasteiger partial charge >= 0.3 is 12.4 Å². The Morgan fingerprint density at radius 2 is 1.62 bits per heavy atom. The van der Waals surface area contributed by atoms with E-state index in [0.29, 0.717) is 12.3 Å². The number of halogens is 7. The number of rotatable bonds is 4. The van der Waals surface area contributed by atoms with Gasteiger partial charge in [-0.05, 0) is 23.8 Å². The molecular weight excluding hydrogens is 405 g/mol. The van der Waals surface area contributed by atoms with E-state index in [1.54, 1.807) is 0 Å². The molecule has 0 unspecified atom stereocenters. The Kier molecular flexibility index (Phi) is 5.40. The maximum Gasteiger partial charge on any atom is 0.417 e. The van der Waals surface area contributed by atoms with Gasteiger partial charge in [0.2, 0.25) is 0 Å². The largest absolute Gasteiger partial charge is 0.417 e. The first-order valence-corrected chi connectivity index (χ1v) is 7.98. The number of benzene rings is 1. The fourth-order valence-electron chi connectivity index (χ4n) is 2.50. The predicted molar refractivity (Wildman–Crippen MR) is 89.0 cm³/mol. The molecule has 0 aliphatic carbocycles. The highest BCUT2D eigenvalue weighted by Gasteiger charge is 2.34. The second kappa shape index (κ2) is 7.64. The van der Waals surface area contributed by atoms with Crippen molar-refractivity contribution in [3.63, 3.8) is 0 Å². The quantitative estimate of drug-likeness (QED) is 0.585. The zero-order chi connectivity index (χ0) is 21.2. The van der Waals surface area contributed by atoms with Crippen LogP contribution in [0.25, 0.3) is 11.3 Å². The minimum atomic E-state index is -4.75. The summed E-state index contributed by atoms with van der Waals surface area (Å²) in [5.74, 6) is -0.952. The van der Waals surface area contributed by atoms with Gasteiger partial charge in [0.15, 0.2) is 0 Å². The van der Waals surface area contributed by atoms with Gasteiger partial charge in [0.05, 0.1) is 16.8 Å². The number of hydrogen-bond donors (Lipinski definition) is 1. The minimum Gasteiger partial charge on any atom is -0.366 e. The number of nitrogens with zero attached hydrogens (tertiary/aromatic N) is 3. The number of nitrogens with one attached hydrogen (secondary N) is 1. The van der Waals surface area contributed by atoms with Crippen LogP contribution in [0.3, 0.4) is 0 Å². The van der Waals surface area contributed by atoms with Crippen LogP contribution in [0.15, 0.2) is 49.1 Å². The van der Waals surface area contributed by atoms with Crippen molar-refractivity contribution in [1.82, 2.24) is 15.0 Å². The van der Waals surface area contributed by atoms with Gasteiger partial charge in [-0.2, -0.15) is 26.3 Å². The van der Waals surface area contributed by atoms with E-state index >= 15 is 0 Å². The Balaban J connectivity index is 1.84. The van der Waals surface area contributed by atoms with Crippen LogP contribution in [0.2, 0.25) is 0 Å². The Morgan fingerprint density at radius 3 is 2.31 bits per heavy atom. The number of pyridine rings is 1. The van der Waals surface area contributed by atoms with Gasteiger partial charge in [-0.3, -0.25) is 4.98 Å². The normalized spacial score (nSPS) is 12.1. The second-order valence-corrected chi connectivity index (χ2v) is 5.90. The molecule has 2 heterocycles. The molecule has 3 rings (SSSR count). The maximum absolute atomic E-state index is 13.2. The first-order valence-electron chi connectivity index (χ1n) is 7.98. The molecule has 152 valence electrons. The molecule has 0 aliphatic rings. The average Bonchev–Trinajstić information content (AvgIpc) is 2.66. The Hall–Kier alpha value is -3.24. The van der Waals surface area contributed by atoms with E-state index in [0.717, 1.165) is 24.5 Å². The third kappa shape index (κ3) is 4.98. The average molecular weight is 416 g/mol. The fourth-order valence-corrected chi connectivity index (χ4v) is 2.50. The Labute approximate surface area is 159 Å². The molecule has 1 aromatic carbocycles. The molecule has 0 saturated heterocycles. The van der Waals surface area contributed by atoms with Crippen LogP contribution in [-0.4, -0.2) is 15.0 Å². The lowest BCUT2D eigenvalue weighted by Gasteiger charge is -2.14. The van der Waals surface area contributed by atoms with Crippen LogP contribution in [-0.2, 0) is 18.9 Å². The van der Waals surface area contributed by atoms with Gasteiger partial charge in [-0.1, -0.05) is 6.07 Å². The van der Waals surface area contributed by atoms with Crippen LogP contribution in [0.1, 0.15) is 16.7 Å². The van der Waals surface area contributed by atoms with Gasteiger partial charge in [0.25, 0.3) is 0 Å². The summed E-state index contributed by atoms with van der Waals surface area (Å²) in [4.78, 5) is 11.2.